The van der Waals surface area contributed by atoms with E-state index in [-0.39, 0.29) is 0 Å². The molecule has 0 aliphatic carbocycles. The molecular formula is C23H23ClN2O3S2. The van der Waals surface area contributed by atoms with Gasteiger partial charge < -0.3 is 5.32 Å². The Hall–Kier alpha value is -2.48. The molecule has 0 aliphatic heterocycles. The summed E-state index contributed by atoms with van der Waals surface area (Å²) in [4.78, 5) is 15.1. The highest BCUT2D eigenvalue weighted by Crippen LogP contribution is 2.33. The zero-order valence-corrected chi connectivity index (χ0v) is 19.5. The fraction of sp³-hybridized carbons (Fsp3) is 0.174. The van der Waals surface area contributed by atoms with Gasteiger partial charge in [0.2, 0.25) is 15.9 Å². The highest BCUT2D eigenvalue weighted by Gasteiger charge is 2.31. The van der Waals surface area contributed by atoms with Gasteiger partial charge in [0.25, 0.3) is 0 Å². The number of para-hydroxylation sites is 1. The van der Waals surface area contributed by atoms with Gasteiger partial charge in [0, 0.05) is 14.8 Å². The van der Waals surface area contributed by atoms with E-state index in [1.165, 1.54) is 11.8 Å². The fourth-order valence-corrected chi connectivity index (χ4v) is 5.40. The average molecular weight is 475 g/mol. The third-order valence-electron chi connectivity index (χ3n) is 4.53. The van der Waals surface area contributed by atoms with Crippen molar-refractivity contribution in [2.24, 2.45) is 0 Å². The maximum atomic E-state index is 13.2. The quantitative estimate of drug-likeness (QED) is 0.456. The number of carbonyl (C=O) groups excluding carboxylic acids is 1. The van der Waals surface area contributed by atoms with Gasteiger partial charge in [-0.1, -0.05) is 60.6 Å². The van der Waals surface area contributed by atoms with E-state index < -0.39 is 22.0 Å². The van der Waals surface area contributed by atoms with Crippen molar-refractivity contribution in [1.29, 1.82) is 0 Å². The van der Waals surface area contributed by atoms with Crippen LogP contribution in [0.1, 0.15) is 13.3 Å². The topological polar surface area (TPSA) is 66.5 Å². The second kappa shape index (κ2) is 10.2. The molecule has 162 valence electrons. The number of halogens is 1. The Morgan fingerprint density at radius 2 is 1.61 bits per heavy atom. The molecule has 0 bridgehead atoms. The van der Waals surface area contributed by atoms with Gasteiger partial charge in [-0.05, 0) is 55.0 Å². The van der Waals surface area contributed by atoms with E-state index in [0.29, 0.717) is 22.8 Å². The van der Waals surface area contributed by atoms with Crippen LogP contribution in [0.15, 0.2) is 88.7 Å². The monoisotopic (exact) mass is 474 g/mol. The number of hydrogen-bond acceptors (Lipinski definition) is 4. The van der Waals surface area contributed by atoms with Crippen LogP contribution in [0.5, 0.6) is 0 Å². The van der Waals surface area contributed by atoms with Gasteiger partial charge in [0.1, 0.15) is 6.04 Å². The van der Waals surface area contributed by atoms with Crippen LogP contribution in [-0.4, -0.2) is 26.6 Å². The van der Waals surface area contributed by atoms with E-state index in [2.05, 4.69) is 5.32 Å². The van der Waals surface area contributed by atoms with Gasteiger partial charge in [-0.15, -0.1) is 0 Å². The van der Waals surface area contributed by atoms with Crippen LogP contribution >= 0.6 is 23.4 Å². The van der Waals surface area contributed by atoms with Gasteiger partial charge in [0.15, 0.2) is 0 Å². The van der Waals surface area contributed by atoms with Crippen LogP contribution in [-0.2, 0) is 14.8 Å². The van der Waals surface area contributed by atoms with Crippen molar-refractivity contribution in [3.05, 3.63) is 83.9 Å². The summed E-state index contributed by atoms with van der Waals surface area (Å²) in [6.45, 7) is 1.78. The lowest BCUT2D eigenvalue weighted by molar-refractivity contribution is -0.117. The van der Waals surface area contributed by atoms with Crippen molar-refractivity contribution >= 4 is 50.7 Å². The van der Waals surface area contributed by atoms with Crippen molar-refractivity contribution in [1.82, 2.24) is 0 Å². The van der Waals surface area contributed by atoms with E-state index in [1.807, 2.05) is 54.6 Å². The lowest BCUT2D eigenvalue weighted by atomic mass is 10.2. The molecule has 0 saturated carbocycles. The Labute approximate surface area is 192 Å². The Bertz CT molecular complexity index is 1140. The summed E-state index contributed by atoms with van der Waals surface area (Å²) in [6, 6.07) is 22.8. The first-order valence-corrected chi connectivity index (χ1v) is 12.7. The number of nitrogens with zero attached hydrogens (tertiary/aromatic N) is 1. The van der Waals surface area contributed by atoms with Crippen molar-refractivity contribution in [2.45, 2.75) is 29.2 Å². The van der Waals surface area contributed by atoms with Crippen molar-refractivity contribution in [2.75, 3.05) is 15.9 Å². The number of rotatable bonds is 8. The van der Waals surface area contributed by atoms with E-state index in [9.17, 15) is 13.2 Å². The molecule has 5 nitrogen and oxygen atoms in total. The van der Waals surface area contributed by atoms with Crippen LogP contribution in [0.4, 0.5) is 11.4 Å². The molecule has 3 rings (SSSR count). The molecule has 1 atom stereocenters. The molecule has 0 radical (unpaired) electrons. The number of nitrogens with one attached hydrogen (secondary N) is 1. The number of amides is 1. The lowest BCUT2D eigenvalue weighted by Crippen LogP contribution is -2.47. The van der Waals surface area contributed by atoms with Crippen molar-refractivity contribution in [3.63, 3.8) is 0 Å². The highest BCUT2D eigenvalue weighted by molar-refractivity contribution is 7.99. The maximum absolute atomic E-state index is 13.2. The Morgan fingerprint density at radius 1 is 1.00 bits per heavy atom. The second-order valence-corrected chi connectivity index (χ2v) is 10.3. The average Bonchev–Trinajstić information content (AvgIpc) is 2.74. The standard InChI is InChI=1S/C23H23ClN2O3S2/c1-3-21(26(31(2,28)29)18-15-13-17(24)14-16-18)23(27)25-20-11-7-8-12-22(20)30-19-9-5-4-6-10-19/h4-16,21H,3H2,1-2H3,(H,25,27). The summed E-state index contributed by atoms with van der Waals surface area (Å²) in [6.07, 6.45) is 1.40. The molecule has 8 heteroatoms. The summed E-state index contributed by atoms with van der Waals surface area (Å²) >= 11 is 7.47. The van der Waals surface area contributed by atoms with Crippen LogP contribution < -0.4 is 9.62 Å². The highest BCUT2D eigenvalue weighted by atomic mass is 35.5. The first-order valence-electron chi connectivity index (χ1n) is 9.67. The van der Waals surface area contributed by atoms with Crippen molar-refractivity contribution in [3.8, 4) is 0 Å². The van der Waals surface area contributed by atoms with Crippen LogP contribution in [0.25, 0.3) is 0 Å². The molecule has 0 aliphatic rings. The third kappa shape index (κ3) is 6.03. The summed E-state index contributed by atoms with van der Waals surface area (Å²) < 4.78 is 26.3. The Balaban J connectivity index is 1.89. The smallest absolute Gasteiger partial charge is 0.248 e. The number of anilines is 2. The van der Waals surface area contributed by atoms with Gasteiger partial charge >= 0.3 is 0 Å². The van der Waals surface area contributed by atoms with Gasteiger partial charge in [-0.25, -0.2) is 8.42 Å². The van der Waals surface area contributed by atoms with Gasteiger partial charge in [-0.2, -0.15) is 0 Å². The predicted molar refractivity (Wildman–Crippen MR) is 128 cm³/mol. The maximum Gasteiger partial charge on any atom is 0.248 e. The molecule has 1 N–H and O–H groups in total. The Morgan fingerprint density at radius 3 is 2.23 bits per heavy atom. The zero-order chi connectivity index (χ0) is 22.4. The zero-order valence-electron chi connectivity index (χ0n) is 17.2. The minimum absolute atomic E-state index is 0.301. The van der Waals surface area contributed by atoms with Gasteiger partial charge in [0.05, 0.1) is 17.6 Å². The third-order valence-corrected chi connectivity index (χ3v) is 7.04. The van der Waals surface area contributed by atoms with Crippen LogP contribution in [0, 0.1) is 0 Å². The Kier molecular flexibility index (Phi) is 7.64. The molecule has 1 amide bonds. The molecule has 0 fully saturated rings. The predicted octanol–water partition coefficient (Wildman–Crippen LogP) is 5.67. The molecule has 0 saturated heterocycles. The largest absolute Gasteiger partial charge is 0.323 e. The summed E-state index contributed by atoms with van der Waals surface area (Å²) in [7, 11) is -3.71. The summed E-state index contributed by atoms with van der Waals surface area (Å²) in [5, 5.41) is 3.41. The molecule has 3 aromatic carbocycles. The van der Waals surface area contributed by atoms with E-state index in [1.54, 1.807) is 31.2 Å². The molecule has 31 heavy (non-hydrogen) atoms. The molecule has 0 heterocycles. The van der Waals surface area contributed by atoms with Gasteiger partial charge in [-0.3, -0.25) is 9.10 Å². The second-order valence-electron chi connectivity index (χ2n) is 6.86. The molecule has 0 aromatic heterocycles. The lowest BCUT2D eigenvalue weighted by Gasteiger charge is -2.30. The summed E-state index contributed by atoms with van der Waals surface area (Å²) in [5.41, 5.74) is 1.02. The van der Waals surface area contributed by atoms with E-state index in [0.717, 1.165) is 20.4 Å². The number of carbonyl (C=O) groups is 1. The minimum Gasteiger partial charge on any atom is -0.323 e. The van der Waals surface area contributed by atoms with Crippen molar-refractivity contribution < 1.29 is 13.2 Å². The normalized spacial score (nSPS) is 12.2. The molecule has 3 aromatic rings. The number of benzene rings is 3. The minimum atomic E-state index is -3.71. The number of sulfonamides is 1. The van der Waals surface area contributed by atoms with E-state index >= 15 is 0 Å². The number of hydrogen-bond donors (Lipinski definition) is 1. The van der Waals surface area contributed by atoms with Crippen LogP contribution in [0.3, 0.4) is 0 Å². The van der Waals surface area contributed by atoms with E-state index in [4.69, 9.17) is 11.6 Å². The first-order chi connectivity index (χ1) is 14.8. The first kappa shape index (κ1) is 23.2. The summed E-state index contributed by atoms with van der Waals surface area (Å²) in [5.74, 6) is -0.399. The molecular weight excluding hydrogens is 452 g/mol. The molecule has 1 unspecified atom stereocenters. The SMILES string of the molecule is CCC(C(=O)Nc1ccccc1Sc1ccccc1)N(c1ccc(Cl)cc1)S(C)(=O)=O. The fourth-order valence-electron chi connectivity index (χ4n) is 3.14. The van der Waals surface area contributed by atoms with Crippen LogP contribution in [0.2, 0.25) is 5.02 Å². The molecule has 0 spiro atoms.